The molecule has 0 saturated heterocycles. The van der Waals surface area contributed by atoms with Crippen molar-refractivity contribution < 1.29 is 17.8 Å². The fourth-order valence-electron chi connectivity index (χ4n) is 4.41. The van der Waals surface area contributed by atoms with Gasteiger partial charge in [-0.15, -0.1) is 0 Å². The Morgan fingerprint density at radius 1 is 1.03 bits per heavy atom. The molecule has 1 saturated carbocycles. The molecule has 7 heteroatoms. The van der Waals surface area contributed by atoms with Gasteiger partial charge in [-0.05, 0) is 67.3 Å². The lowest BCUT2D eigenvalue weighted by atomic mass is 10.1. The van der Waals surface area contributed by atoms with Crippen molar-refractivity contribution >= 4 is 26.6 Å². The van der Waals surface area contributed by atoms with E-state index in [0.717, 1.165) is 17.5 Å². The van der Waals surface area contributed by atoms with Crippen LogP contribution in [0, 0.1) is 6.92 Å². The van der Waals surface area contributed by atoms with Gasteiger partial charge in [-0.1, -0.05) is 19.1 Å². The summed E-state index contributed by atoms with van der Waals surface area (Å²) in [5, 5.41) is 4.03. The van der Waals surface area contributed by atoms with Gasteiger partial charge >= 0.3 is 0 Å². The van der Waals surface area contributed by atoms with Gasteiger partial charge in [-0.25, -0.2) is 8.42 Å². The monoisotopic (exact) mass is 488 g/mol. The number of benzene rings is 2. The van der Waals surface area contributed by atoms with Crippen LogP contribution in [0.3, 0.4) is 0 Å². The van der Waals surface area contributed by atoms with Crippen molar-refractivity contribution in [3.05, 3.63) is 95.4 Å². The van der Waals surface area contributed by atoms with E-state index in [2.05, 4.69) is 58.0 Å². The first-order valence-corrected chi connectivity index (χ1v) is 13.7. The lowest BCUT2D eigenvalue weighted by Crippen LogP contribution is -2.34. The predicted octanol–water partition coefficient (Wildman–Crippen LogP) is 4.34. The Bertz CT molecular complexity index is 1480. The number of hydrogen-bond donors (Lipinski definition) is 1. The zero-order valence-corrected chi connectivity index (χ0v) is 20.9. The highest BCUT2D eigenvalue weighted by Gasteiger charge is 2.28. The molecule has 0 aliphatic heterocycles. The lowest BCUT2D eigenvalue weighted by Gasteiger charge is -2.09. The number of pyridine rings is 1. The van der Waals surface area contributed by atoms with Gasteiger partial charge in [0.2, 0.25) is 0 Å². The average molecular weight is 489 g/mol. The van der Waals surface area contributed by atoms with Crippen LogP contribution in [0.25, 0.3) is 10.9 Å². The van der Waals surface area contributed by atoms with Gasteiger partial charge in [-0.2, -0.15) is 4.57 Å². The number of sulfone groups is 1. The molecule has 1 amide bonds. The third-order valence-electron chi connectivity index (χ3n) is 6.61. The summed E-state index contributed by atoms with van der Waals surface area (Å²) < 4.78 is 28.6. The minimum absolute atomic E-state index is 0.0689. The van der Waals surface area contributed by atoms with Crippen molar-refractivity contribution in [3.63, 3.8) is 0 Å². The molecule has 0 spiro atoms. The Hall–Kier alpha value is -3.45. The van der Waals surface area contributed by atoms with E-state index in [1.54, 1.807) is 31.2 Å². The quantitative estimate of drug-likeness (QED) is 0.375. The molecule has 35 heavy (non-hydrogen) atoms. The molecule has 1 aliphatic carbocycles. The molecule has 1 fully saturated rings. The Morgan fingerprint density at radius 2 is 1.74 bits per heavy atom. The zero-order chi connectivity index (χ0) is 24.6. The number of hydrogen-bond acceptors (Lipinski definition) is 3. The third-order valence-corrected chi connectivity index (χ3v) is 8.36. The van der Waals surface area contributed by atoms with Crippen LogP contribution in [0.4, 0.5) is 0 Å². The van der Waals surface area contributed by atoms with Gasteiger partial charge in [0.05, 0.1) is 16.3 Å². The molecule has 1 N–H and O–H groups in total. The summed E-state index contributed by atoms with van der Waals surface area (Å²) in [7, 11) is -3.23. The fraction of sp³-hybridized carbons (Fsp3) is 0.286. The lowest BCUT2D eigenvalue weighted by molar-refractivity contribution is -0.689. The molecular weight excluding hydrogens is 458 g/mol. The van der Waals surface area contributed by atoms with Crippen LogP contribution >= 0.6 is 0 Å². The van der Waals surface area contributed by atoms with E-state index in [1.165, 1.54) is 29.6 Å². The third kappa shape index (κ3) is 5.00. The molecule has 2 aromatic heterocycles. The topological polar surface area (TPSA) is 72.1 Å². The maximum atomic E-state index is 12.9. The second-order valence-corrected chi connectivity index (χ2v) is 11.6. The van der Waals surface area contributed by atoms with Gasteiger partial charge in [0.1, 0.15) is 0 Å². The molecule has 1 aliphatic rings. The van der Waals surface area contributed by atoms with Gasteiger partial charge in [0.25, 0.3) is 5.91 Å². The van der Waals surface area contributed by atoms with Crippen LogP contribution in [0.1, 0.15) is 53.0 Å². The molecule has 6 nitrogen and oxygen atoms in total. The van der Waals surface area contributed by atoms with Crippen LogP contribution in [0.5, 0.6) is 0 Å². The maximum Gasteiger partial charge on any atom is 0.251 e. The molecule has 0 radical (unpaired) electrons. The Kier molecular flexibility index (Phi) is 6.19. The van der Waals surface area contributed by atoms with Crippen molar-refractivity contribution in [1.82, 2.24) is 9.88 Å². The normalized spacial score (nSPS) is 13.8. The van der Waals surface area contributed by atoms with Crippen LogP contribution in [0.2, 0.25) is 0 Å². The summed E-state index contributed by atoms with van der Waals surface area (Å²) in [5.74, 6) is -0.0785. The van der Waals surface area contributed by atoms with E-state index < -0.39 is 9.84 Å². The van der Waals surface area contributed by atoms with Gasteiger partial charge in [0, 0.05) is 41.2 Å². The first kappa shape index (κ1) is 23.3. The number of nitrogens with zero attached hydrogens (tertiary/aromatic N) is 2. The zero-order valence-electron chi connectivity index (χ0n) is 20.1. The summed E-state index contributed by atoms with van der Waals surface area (Å²) >= 11 is 0. The molecule has 0 bridgehead atoms. The SMILES string of the molecule is CCS(=O)(=O)c1ccc(CNC(=O)c2ccc3c(c2)cc(C[n+]2ccc(C)cc2)n3C2CC2)cc1. The second kappa shape index (κ2) is 9.30. The number of aromatic nitrogens is 2. The average Bonchev–Trinajstić information content (AvgIpc) is 3.64. The molecular formula is C28H30N3O3S+. The number of nitrogens with one attached hydrogen (secondary N) is 1. The Morgan fingerprint density at radius 3 is 2.40 bits per heavy atom. The van der Waals surface area contributed by atoms with Gasteiger partial charge in [-0.3, -0.25) is 4.79 Å². The highest BCUT2D eigenvalue weighted by Crippen LogP contribution is 2.39. The van der Waals surface area contributed by atoms with E-state index in [4.69, 9.17) is 0 Å². The van der Waals surface area contributed by atoms with Crippen molar-refractivity contribution in [2.45, 2.75) is 50.7 Å². The minimum atomic E-state index is -3.23. The molecule has 0 unspecified atom stereocenters. The highest BCUT2D eigenvalue weighted by molar-refractivity contribution is 7.91. The maximum absolute atomic E-state index is 12.9. The van der Waals surface area contributed by atoms with E-state index in [0.29, 0.717) is 23.0 Å². The van der Waals surface area contributed by atoms with Crippen LogP contribution in [-0.4, -0.2) is 24.6 Å². The summed E-state index contributed by atoms with van der Waals surface area (Å²) in [6.45, 7) is 4.84. The number of aryl methyl sites for hydroxylation is 1. The highest BCUT2D eigenvalue weighted by atomic mass is 32.2. The van der Waals surface area contributed by atoms with Gasteiger partial charge < -0.3 is 9.88 Å². The molecule has 5 rings (SSSR count). The molecule has 0 atom stereocenters. The van der Waals surface area contributed by atoms with Crippen molar-refractivity contribution in [3.8, 4) is 0 Å². The van der Waals surface area contributed by atoms with Crippen molar-refractivity contribution in [2.75, 3.05) is 5.75 Å². The number of amides is 1. The second-order valence-electron chi connectivity index (χ2n) is 9.29. The molecule has 2 heterocycles. The standard InChI is InChI=1S/C28H29N3O3S/c1-3-35(33,34)26-9-4-21(5-10-26)18-29-28(32)22-6-11-27-23(16-22)17-25(31(27)24-7-8-24)19-30-14-12-20(2)13-15-30/h4-6,9-17,24H,3,7-8,18-19H2,1-2H3/p+1. The Balaban J connectivity index is 1.33. The van der Waals surface area contributed by atoms with E-state index in [-0.39, 0.29) is 11.7 Å². The summed E-state index contributed by atoms with van der Waals surface area (Å²) in [6.07, 6.45) is 6.59. The van der Waals surface area contributed by atoms with Crippen LogP contribution in [0.15, 0.2) is 78.0 Å². The largest absolute Gasteiger partial charge is 0.348 e. The van der Waals surface area contributed by atoms with Crippen molar-refractivity contribution in [1.29, 1.82) is 0 Å². The summed E-state index contributed by atoms with van der Waals surface area (Å²) in [4.78, 5) is 13.2. The van der Waals surface area contributed by atoms with E-state index in [9.17, 15) is 13.2 Å². The van der Waals surface area contributed by atoms with Crippen LogP contribution < -0.4 is 9.88 Å². The number of carbonyl (C=O) groups is 1. The first-order chi connectivity index (χ1) is 16.8. The first-order valence-electron chi connectivity index (χ1n) is 12.0. The number of rotatable bonds is 8. The smallest absolute Gasteiger partial charge is 0.251 e. The van der Waals surface area contributed by atoms with E-state index >= 15 is 0 Å². The van der Waals surface area contributed by atoms with Gasteiger partial charge in [0.15, 0.2) is 28.8 Å². The molecule has 180 valence electrons. The fourth-order valence-corrected chi connectivity index (χ4v) is 5.29. The summed E-state index contributed by atoms with van der Waals surface area (Å²) in [5.41, 5.74) is 5.12. The summed E-state index contributed by atoms with van der Waals surface area (Å²) in [6, 6.07) is 19.5. The predicted molar refractivity (Wildman–Crippen MR) is 136 cm³/mol. The molecule has 2 aromatic carbocycles. The van der Waals surface area contributed by atoms with Crippen LogP contribution in [-0.2, 0) is 22.9 Å². The van der Waals surface area contributed by atoms with Crippen molar-refractivity contribution in [2.24, 2.45) is 0 Å². The number of carbonyl (C=O) groups excluding carboxylic acids is 1. The minimum Gasteiger partial charge on any atom is -0.348 e. The molecule has 4 aromatic rings. The Labute approximate surface area is 206 Å². The van der Waals surface area contributed by atoms with E-state index in [1.807, 2.05) is 12.1 Å². The number of fused-ring (bicyclic) bond motifs is 1.